The minimum absolute atomic E-state index is 0.164. The van der Waals surface area contributed by atoms with Gasteiger partial charge in [0.25, 0.3) is 0 Å². The molecule has 3 rings (SSSR count). The molecule has 0 saturated heterocycles. The number of H-pyrrole nitrogens is 1. The minimum atomic E-state index is -1.01. The number of benzene rings is 2. The van der Waals surface area contributed by atoms with Crippen LogP contribution in [0.2, 0.25) is 5.02 Å². The molecule has 0 aliphatic carbocycles. The van der Waals surface area contributed by atoms with E-state index in [4.69, 9.17) is 16.3 Å². The van der Waals surface area contributed by atoms with Crippen LogP contribution in [-0.4, -0.2) is 47.6 Å². The molecule has 31 heavy (non-hydrogen) atoms. The smallest absolute Gasteiger partial charge is 0.337 e. The molecule has 0 atom stereocenters. The summed E-state index contributed by atoms with van der Waals surface area (Å²) in [4.78, 5) is 36.7. The number of fused-ring (bicyclic) bond motifs is 1. The Morgan fingerprint density at radius 3 is 2.52 bits per heavy atom. The van der Waals surface area contributed by atoms with Crippen LogP contribution in [0.1, 0.15) is 23.7 Å². The Morgan fingerprint density at radius 1 is 1.10 bits per heavy atom. The number of carbonyl (C=O) groups is 3. The maximum absolute atomic E-state index is 11.6. The standard InChI is InChI=1S/C22H22ClN3O5/c1-13(27)24-7-6-21(28)25-8-9-31-15-4-2-14(3-5-15)16-10-17-18(22(29)30)12-26-20(17)11-19(16)23/h2-5,10-12,26H,6-9H2,1H3,(H,24,27)(H,25,28)(H,29,30). The summed E-state index contributed by atoms with van der Waals surface area (Å²) in [5, 5.41) is 15.7. The lowest BCUT2D eigenvalue weighted by Gasteiger charge is -2.10. The zero-order valence-electron chi connectivity index (χ0n) is 16.8. The first-order chi connectivity index (χ1) is 14.8. The Labute approximate surface area is 183 Å². The molecule has 1 heterocycles. The molecule has 9 heteroatoms. The second-order valence-corrected chi connectivity index (χ2v) is 7.25. The van der Waals surface area contributed by atoms with E-state index in [0.29, 0.717) is 46.9 Å². The Morgan fingerprint density at radius 2 is 1.84 bits per heavy atom. The van der Waals surface area contributed by atoms with Gasteiger partial charge in [0.2, 0.25) is 11.8 Å². The molecule has 0 aliphatic rings. The van der Waals surface area contributed by atoms with Crippen molar-refractivity contribution in [2.45, 2.75) is 13.3 Å². The number of amides is 2. The minimum Gasteiger partial charge on any atom is -0.492 e. The van der Waals surface area contributed by atoms with Crippen LogP contribution in [0.4, 0.5) is 0 Å². The highest BCUT2D eigenvalue weighted by Gasteiger charge is 2.14. The fourth-order valence-electron chi connectivity index (χ4n) is 3.07. The number of ether oxygens (including phenoxy) is 1. The number of nitrogens with one attached hydrogen (secondary N) is 3. The average molecular weight is 444 g/mol. The van der Waals surface area contributed by atoms with Crippen LogP contribution in [0.5, 0.6) is 5.75 Å². The molecule has 0 radical (unpaired) electrons. The van der Waals surface area contributed by atoms with Gasteiger partial charge in [-0.15, -0.1) is 0 Å². The Bertz CT molecular complexity index is 1110. The predicted molar refractivity (Wildman–Crippen MR) is 118 cm³/mol. The highest BCUT2D eigenvalue weighted by atomic mass is 35.5. The van der Waals surface area contributed by atoms with Gasteiger partial charge in [0.05, 0.1) is 17.1 Å². The number of aromatic carboxylic acids is 1. The molecule has 0 bridgehead atoms. The first-order valence-electron chi connectivity index (χ1n) is 9.63. The van der Waals surface area contributed by atoms with Crippen LogP contribution in [0, 0.1) is 0 Å². The van der Waals surface area contributed by atoms with Gasteiger partial charge in [-0.3, -0.25) is 9.59 Å². The molecule has 1 aromatic heterocycles. The van der Waals surface area contributed by atoms with Gasteiger partial charge in [-0.25, -0.2) is 4.79 Å². The van der Waals surface area contributed by atoms with Gasteiger partial charge in [-0.2, -0.15) is 0 Å². The van der Waals surface area contributed by atoms with Crippen molar-refractivity contribution in [1.29, 1.82) is 0 Å². The highest BCUT2D eigenvalue weighted by Crippen LogP contribution is 2.34. The lowest BCUT2D eigenvalue weighted by Crippen LogP contribution is -2.31. The van der Waals surface area contributed by atoms with Gasteiger partial charge >= 0.3 is 5.97 Å². The van der Waals surface area contributed by atoms with E-state index in [2.05, 4.69) is 15.6 Å². The fraction of sp³-hybridized carbons (Fsp3) is 0.227. The Hall–Kier alpha value is -3.52. The van der Waals surface area contributed by atoms with Crippen molar-refractivity contribution >= 4 is 40.3 Å². The van der Waals surface area contributed by atoms with E-state index < -0.39 is 5.97 Å². The number of carbonyl (C=O) groups excluding carboxylic acids is 2. The van der Waals surface area contributed by atoms with E-state index in [1.54, 1.807) is 24.3 Å². The van der Waals surface area contributed by atoms with Gasteiger partial charge in [0.1, 0.15) is 12.4 Å². The fourth-order valence-corrected chi connectivity index (χ4v) is 3.34. The third kappa shape index (κ3) is 5.76. The maximum atomic E-state index is 11.6. The zero-order chi connectivity index (χ0) is 22.4. The number of carboxylic acid groups (broad SMARTS) is 1. The van der Waals surface area contributed by atoms with E-state index >= 15 is 0 Å². The second-order valence-electron chi connectivity index (χ2n) is 6.84. The van der Waals surface area contributed by atoms with Crippen molar-refractivity contribution in [3.05, 3.63) is 53.2 Å². The predicted octanol–water partition coefficient (Wildman–Crippen LogP) is 3.21. The summed E-state index contributed by atoms with van der Waals surface area (Å²) in [5.41, 5.74) is 2.38. The maximum Gasteiger partial charge on any atom is 0.337 e. The molecule has 0 aliphatic heterocycles. The molecule has 0 fully saturated rings. The summed E-state index contributed by atoms with van der Waals surface area (Å²) in [5.74, 6) is -0.716. The van der Waals surface area contributed by atoms with Crippen molar-refractivity contribution < 1.29 is 24.2 Å². The monoisotopic (exact) mass is 443 g/mol. The average Bonchev–Trinajstić information content (AvgIpc) is 3.14. The summed E-state index contributed by atoms with van der Waals surface area (Å²) in [7, 11) is 0. The molecule has 0 unspecified atom stereocenters. The summed E-state index contributed by atoms with van der Waals surface area (Å²) < 4.78 is 5.63. The van der Waals surface area contributed by atoms with E-state index in [1.807, 2.05) is 12.1 Å². The normalized spacial score (nSPS) is 10.6. The van der Waals surface area contributed by atoms with E-state index in [1.165, 1.54) is 13.1 Å². The largest absolute Gasteiger partial charge is 0.492 e. The van der Waals surface area contributed by atoms with Gasteiger partial charge < -0.3 is 25.5 Å². The Kier molecular flexibility index (Phi) is 7.15. The van der Waals surface area contributed by atoms with Crippen LogP contribution in [-0.2, 0) is 9.59 Å². The number of aromatic amines is 1. The van der Waals surface area contributed by atoms with Crippen molar-refractivity contribution in [3.63, 3.8) is 0 Å². The van der Waals surface area contributed by atoms with Crippen LogP contribution in [0.15, 0.2) is 42.6 Å². The highest BCUT2D eigenvalue weighted by molar-refractivity contribution is 6.34. The number of rotatable bonds is 9. The molecule has 4 N–H and O–H groups in total. The van der Waals surface area contributed by atoms with Gasteiger partial charge in [-0.1, -0.05) is 23.7 Å². The van der Waals surface area contributed by atoms with E-state index in [0.717, 1.165) is 5.56 Å². The summed E-state index contributed by atoms with van der Waals surface area (Å²) in [6, 6.07) is 10.7. The molecule has 3 aromatic rings. The summed E-state index contributed by atoms with van der Waals surface area (Å²) in [6.45, 7) is 2.34. The number of aromatic nitrogens is 1. The molecule has 0 spiro atoms. The number of hydrogen-bond donors (Lipinski definition) is 4. The first kappa shape index (κ1) is 22.2. The summed E-state index contributed by atoms with van der Waals surface area (Å²) >= 11 is 6.39. The van der Waals surface area contributed by atoms with Crippen LogP contribution < -0.4 is 15.4 Å². The van der Waals surface area contributed by atoms with Crippen molar-refractivity contribution in [3.8, 4) is 16.9 Å². The quantitative estimate of drug-likeness (QED) is 0.378. The van der Waals surface area contributed by atoms with Crippen LogP contribution in [0.25, 0.3) is 22.0 Å². The van der Waals surface area contributed by atoms with Gasteiger partial charge in [0, 0.05) is 42.6 Å². The lowest BCUT2D eigenvalue weighted by molar-refractivity contribution is -0.121. The number of hydrogen-bond acceptors (Lipinski definition) is 4. The van der Waals surface area contributed by atoms with Crippen molar-refractivity contribution in [2.75, 3.05) is 19.7 Å². The first-order valence-corrected chi connectivity index (χ1v) is 10.0. The molecule has 2 aromatic carbocycles. The third-order valence-electron chi connectivity index (χ3n) is 4.58. The van der Waals surface area contributed by atoms with E-state index in [-0.39, 0.29) is 23.8 Å². The lowest BCUT2D eigenvalue weighted by atomic mass is 10.0. The van der Waals surface area contributed by atoms with Crippen molar-refractivity contribution in [2.24, 2.45) is 0 Å². The SMILES string of the molecule is CC(=O)NCCC(=O)NCCOc1ccc(-c2cc3c(C(=O)O)c[nH]c3cc2Cl)cc1. The molecular weight excluding hydrogens is 422 g/mol. The van der Waals surface area contributed by atoms with Gasteiger partial charge in [-0.05, 0) is 29.8 Å². The molecule has 0 saturated carbocycles. The second kappa shape index (κ2) is 9.99. The summed E-state index contributed by atoms with van der Waals surface area (Å²) in [6.07, 6.45) is 1.66. The topological polar surface area (TPSA) is 121 Å². The van der Waals surface area contributed by atoms with Gasteiger partial charge in [0.15, 0.2) is 0 Å². The zero-order valence-corrected chi connectivity index (χ0v) is 17.6. The number of halogens is 1. The van der Waals surface area contributed by atoms with Crippen LogP contribution >= 0.6 is 11.6 Å². The Balaban J connectivity index is 1.57. The third-order valence-corrected chi connectivity index (χ3v) is 4.90. The molecule has 8 nitrogen and oxygen atoms in total. The molecular formula is C22H22ClN3O5. The van der Waals surface area contributed by atoms with Crippen LogP contribution in [0.3, 0.4) is 0 Å². The molecule has 162 valence electrons. The van der Waals surface area contributed by atoms with Crippen molar-refractivity contribution in [1.82, 2.24) is 15.6 Å². The molecule has 2 amide bonds. The van der Waals surface area contributed by atoms with E-state index in [9.17, 15) is 19.5 Å². The number of carboxylic acids is 1.